The van der Waals surface area contributed by atoms with Crippen LogP contribution in [0.25, 0.3) is 27.6 Å². The second-order valence-electron chi connectivity index (χ2n) is 9.12. The van der Waals surface area contributed by atoms with Crippen LogP contribution in [0.15, 0.2) is 96.8 Å². The van der Waals surface area contributed by atoms with Gasteiger partial charge < -0.3 is 19.9 Å². The third kappa shape index (κ3) is 4.56. The van der Waals surface area contributed by atoms with Crippen molar-refractivity contribution in [2.75, 3.05) is 10.6 Å². The van der Waals surface area contributed by atoms with Crippen molar-refractivity contribution in [1.82, 2.24) is 28.9 Å². The Kier molecular flexibility index (Phi) is 6.08. The number of para-hydroxylation sites is 1. The van der Waals surface area contributed by atoms with Crippen molar-refractivity contribution in [3.63, 3.8) is 0 Å². The number of carbonyl (C=O) groups is 1. The molecule has 2 N–H and O–H groups in total. The maximum atomic E-state index is 14.0. The molecular formula is C29H24N8O3. The van der Waals surface area contributed by atoms with Gasteiger partial charge >= 0.3 is 0 Å². The molecule has 0 aliphatic carbocycles. The summed E-state index contributed by atoms with van der Waals surface area (Å²) in [5.41, 5.74) is 2.55. The minimum atomic E-state index is -0.432. The highest BCUT2D eigenvalue weighted by Gasteiger charge is 2.18. The van der Waals surface area contributed by atoms with Crippen LogP contribution in [-0.4, -0.2) is 34.8 Å². The highest BCUT2D eigenvalue weighted by molar-refractivity contribution is 5.99. The Hall–Kier alpha value is -5.71. The second kappa shape index (κ2) is 9.87. The average molecular weight is 533 g/mol. The Balaban J connectivity index is 1.52. The van der Waals surface area contributed by atoms with Gasteiger partial charge in [-0.25, -0.2) is 4.98 Å². The molecule has 4 aromatic heterocycles. The number of nitrogens with zero attached hydrogens (tertiary/aromatic N) is 6. The molecule has 198 valence electrons. The molecular weight excluding hydrogens is 508 g/mol. The van der Waals surface area contributed by atoms with Crippen LogP contribution in [0, 0.1) is 0 Å². The van der Waals surface area contributed by atoms with Crippen molar-refractivity contribution < 1.29 is 9.53 Å². The van der Waals surface area contributed by atoms with Gasteiger partial charge in [0, 0.05) is 49.1 Å². The van der Waals surface area contributed by atoms with Gasteiger partial charge in [0.05, 0.1) is 23.1 Å². The molecule has 0 aliphatic heterocycles. The highest BCUT2D eigenvalue weighted by atomic mass is 16.5. The van der Waals surface area contributed by atoms with Gasteiger partial charge in [-0.15, -0.1) is 0 Å². The van der Waals surface area contributed by atoms with Crippen molar-refractivity contribution >= 4 is 45.2 Å². The average Bonchev–Trinajstić information content (AvgIpc) is 3.51. The van der Waals surface area contributed by atoms with Crippen LogP contribution in [0.2, 0.25) is 0 Å². The van der Waals surface area contributed by atoms with E-state index in [4.69, 9.17) is 4.74 Å². The third-order valence-corrected chi connectivity index (χ3v) is 6.31. The number of rotatable bonds is 7. The summed E-state index contributed by atoms with van der Waals surface area (Å²) in [6.07, 6.45) is 8.06. The fourth-order valence-electron chi connectivity index (χ4n) is 4.48. The zero-order chi connectivity index (χ0) is 27.8. The van der Waals surface area contributed by atoms with Gasteiger partial charge in [-0.05, 0) is 42.5 Å². The Bertz CT molecular complexity index is 1990. The number of aryl methyl sites for hydroxylation is 2. The van der Waals surface area contributed by atoms with E-state index in [2.05, 4.69) is 32.3 Å². The quantitative estimate of drug-likeness (QED) is 0.287. The molecule has 4 heterocycles. The largest absolute Gasteiger partial charge is 0.449 e. The summed E-state index contributed by atoms with van der Waals surface area (Å²) in [5.74, 6) is 0.560. The van der Waals surface area contributed by atoms with Gasteiger partial charge in [-0.3, -0.25) is 18.8 Å². The summed E-state index contributed by atoms with van der Waals surface area (Å²) in [4.78, 5) is 35.1. The number of benzene rings is 2. The molecule has 0 atom stereocenters. The summed E-state index contributed by atoms with van der Waals surface area (Å²) >= 11 is 0. The first-order chi connectivity index (χ1) is 19.4. The SMILES string of the molecule is C=CC(=O)Nc1cccc(-n2c(=O)c(Oc3cn(C)c4ccccc34)cc3cnc(Nc4cnn(C)c4)nc32)c1. The highest BCUT2D eigenvalue weighted by Crippen LogP contribution is 2.32. The van der Waals surface area contributed by atoms with Crippen LogP contribution in [0.1, 0.15) is 0 Å². The van der Waals surface area contributed by atoms with E-state index in [0.29, 0.717) is 33.8 Å². The number of nitrogens with one attached hydrogen (secondary N) is 2. The third-order valence-electron chi connectivity index (χ3n) is 6.31. The lowest BCUT2D eigenvalue weighted by molar-refractivity contribution is -0.111. The molecule has 40 heavy (non-hydrogen) atoms. The topological polar surface area (TPSA) is 121 Å². The first kappa shape index (κ1) is 24.6. The van der Waals surface area contributed by atoms with Crippen LogP contribution < -0.4 is 20.9 Å². The summed E-state index contributed by atoms with van der Waals surface area (Å²) in [5, 5.41) is 11.4. The van der Waals surface area contributed by atoms with Crippen molar-refractivity contribution in [1.29, 1.82) is 0 Å². The maximum absolute atomic E-state index is 14.0. The van der Waals surface area contributed by atoms with Crippen molar-refractivity contribution in [3.05, 3.63) is 102 Å². The van der Waals surface area contributed by atoms with Crippen molar-refractivity contribution in [2.24, 2.45) is 14.1 Å². The lowest BCUT2D eigenvalue weighted by Gasteiger charge is -2.14. The van der Waals surface area contributed by atoms with E-state index < -0.39 is 5.56 Å². The number of pyridine rings is 1. The summed E-state index contributed by atoms with van der Waals surface area (Å²) in [6.45, 7) is 3.50. The minimum Gasteiger partial charge on any atom is -0.449 e. The predicted molar refractivity (Wildman–Crippen MR) is 153 cm³/mol. The van der Waals surface area contributed by atoms with Gasteiger partial charge in [0.25, 0.3) is 5.56 Å². The molecule has 0 radical (unpaired) electrons. The maximum Gasteiger partial charge on any atom is 0.299 e. The molecule has 0 unspecified atom stereocenters. The van der Waals surface area contributed by atoms with Crippen LogP contribution in [-0.2, 0) is 18.9 Å². The summed E-state index contributed by atoms with van der Waals surface area (Å²) in [6, 6.07) is 16.3. The monoisotopic (exact) mass is 532 g/mol. The molecule has 0 spiro atoms. The minimum absolute atomic E-state index is 0.0981. The molecule has 6 rings (SSSR count). The molecule has 1 amide bonds. The lowest BCUT2D eigenvalue weighted by Crippen LogP contribution is -2.21. The van der Waals surface area contributed by atoms with Crippen LogP contribution >= 0.6 is 0 Å². The molecule has 0 fully saturated rings. The zero-order valence-corrected chi connectivity index (χ0v) is 21.7. The van der Waals surface area contributed by atoms with E-state index in [1.807, 2.05) is 42.1 Å². The fraction of sp³-hybridized carbons (Fsp3) is 0.0690. The Labute approximate surface area is 228 Å². The van der Waals surface area contributed by atoms with Gasteiger partial charge in [0.1, 0.15) is 0 Å². The number of hydrogen-bond donors (Lipinski definition) is 2. The number of anilines is 3. The Morgan fingerprint density at radius 3 is 2.65 bits per heavy atom. The molecule has 11 heteroatoms. The lowest BCUT2D eigenvalue weighted by atomic mass is 10.2. The van der Waals surface area contributed by atoms with Crippen molar-refractivity contribution in [3.8, 4) is 17.2 Å². The van der Waals surface area contributed by atoms with E-state index >= 15 is 0 Å². The molecule has 0 saturated heterocycles. The molecule has 0 bridgehead atoms. The van der Waals surface area contributed by atoms with Gasteiger partial charge in [0.15, 0.2) is 17.1 Å². The number of amides is 1. The van der Waals surface area contributed by atoms with Crippen LogP contribution in [0.5, 0.6) is 11.5 Å². The Morgan fingerprint density at radius 1 is 1.00 bits per heavy atom. The van der Waals surface area contributed by atoms with Gasteiger partial charge in [-0.2, -0.15) is 10.1 Å². The number of carbonyl (C=O) groups excluding carboxylic acids is 1. The number of aromatic nitrogens is 6. The standard InChI is InChI=1S/C29H24N8O3/c1-4-26(38)32-19-8-7-9-21(13-19)37-27-18(14-30-29(34-27)33-20-15-31-36(3)16-20)12-24(28(37)39)40-25-17-35(2)23-11-6-5-10-22(23)25/h4-17H,1H2,2-3H3,(H,32,38)(H,30,33,34). The summed E-state index contributed by atoms with van der Waals surface area (Å²) < 4.78 is 11.3. The molecule has 0 aliphatic rings. The van der Waals surface area contributed by atoms with E-state index in [0.717, 1.165) is 10.9 Å². The van der Waals surface area contributed by atoms with E-state index in [1.54, 1.807) is 60.7 Å². The smallest absolute Gasteiger partial charge is 0.299 e. The van der Waals surface area contributed by atoms with Crippen molar-refractivity contribution in [2.45, 2.75) is 0 Å². The summed E-state index contributed by atoms with van der Waals surface area (Å²) in [7, 11) is 3.72. The number of hydrogen-bond acceptors (Lipinski definition) is 7. The molecule has 2 aromatic carbocycles. The normalized spacial score (nSPS) is 11.1. The first-order valence-corrected chi connectivity index (χ1v) is 12.3. The van der Waals surface area contributed by atoms with E-state index in [-0.39, 0.29) is 17.6 Å². The molecule has 0 saturated carbocycles. The Morgan fingerprint density at radius 2 is 1.85 bits per heavy atom. The van der Waals surface area contributed by atoms with Gasteiger partial charge in [-0.1, -0.05) is 24.8 Å². The van der Waals surface area contributed by atoms with Crippen LogP contribution in [0.4, 0.5) is 17.3 Å². The first-order valence-electron chi connectivity index (χ1n) is 12.3. The van der Waals surface area contributed by atoms with Crippen LogP contribution in [0.3, 0.4) is 0 Å². The second-order valence-corrected chi connectivity index (χ2v) is 9.12. The molecule has 11 nitrogen and oxygen atoms in total. The molecule has 6 aromatic rings. The van der Waals surface area contributed by atoms with E-state index in [1.165, 1.54) is 10.6 Å². The fourth-order valence-corrected chi connectivity index (χ4v) is 4.48. The number of fused-ring (bicyclic) bond motifs is 2. The van der Waals surface area contributed by atoms with Gasteiger partial charge in [0.2, 0.25) is 11.9 Å². The zero-order valence-electron chi connectivity index (χ0n) is 21.7. The number of ether oxygens (including phenoxy) is 1. The van der Waals surface area contributed by atoms with E-state index in [9.17, 15) is 9.59 Å². The predicted octanol–water partition coefficient (Wildman–Crippen LogP) is 4.67.